The summed E-state index contributed by atoms with van der Waals surface area (Å²) < 4.78 is 6.57. The Morgan fingerprint density at radius 3 is 2.76 bits per heavy atom. The van der Waals surface area contributed by atoms with E-state index in [1.54, 1.807) is 43.8 Å². The summed E-state index contributed by atoms with van der Waals surface area (Å²) in [4.78, 5) is 26.1. The van der Waals surface area contributed by atoms with Gasteiger partial charge < -0.3 is 9.64 Å². The molecule has 2 atom stereocenters. The Hall–Kier alpha value is -2.18. The lowest BCUT2D eigenvalue weighted by Gasteiger charge is -2.10. The van der Waals surface area contributed by atoms with Crippen molar-refractivity contribution in [2.45, 2.75) is 19.3 Å². The molecule has 1 fully saturated rings. The second kappa shape index (κ2) is 6.07. The van der Waals surface area contributed by atoms with E-state index in [0.717, 1.165) is 5.69 Å². The quantitative estimate of drug-likeness (QED) is 0.329. The van der Waals surface area contributed by atoms with Gasteiger partial charge in [-0.2, -0.15) is 0 Å². The Balaban J connectivity index is 2.12. The van der Waals surface area contributed by atoms with E-state index < -0.39 is 5.97 Å². The van der Waals surface area contributed by atoms with Crippen LogP contribution in [0.3, 0.4) is 0 Å². The molecule has 1 aromatic rings. The zero-order valence-electron chi connectivity index (χ0n) is 12.7. The minimum atomic E-state index is -0.569. The first-order valence-corrected chi connectivity index (χ1v) is 6.89. The minimum Gasteiger partial charge on any atom is -0.462 e. The van der Waals surface area contributed by atoms with E-state index >= 15 is 0 Å². The van der Waals surface area contributed by atoms with Crippen molar-refractivity contribution in [3.05, 3.63) is 23.7 Å². The SMILES string of the molecule is CCOC(=O)/C(=C/N(C)C)C(=O)[C@H]1C[C@@H]1c1cn(C)nn1. The normalized spacial score (nSPS) is 21.0. The zero-order valence-corrected chi connectivity index (χ0v) is 12.7. The summed E-state index contributed by atoms with van der Waals surface area (Å²) in [5.41, 5.74) is 0.891. The Kier molecular flexibility index (Phi) is 4.40. The molecule has 0 aliphatic heterocycles. The van der Waals surface area contributed by atoms with Crippen LogP contribution in [0.15, 0.2) is 18.0 Å². The van der Waals surface area contributed by atoms with Crippen molar-refractivity contribution in [1.29, 1.82) is 0 Å². The Bertz CT molecular complexity index is 577. The number of carbonyl (C=O) groups excluding carboxylic acids is 2. The van der Waals surface area contributed by atoms with Crippen LogP contribution in [-0.4, -0.2) is 52.3 Å². The molecule has 0 radical (unpaired) electrons. The predicted molar refractivity (Wildman–Crippen MR) is 75.3 cm³/mol. The van der Waals surface area contributed by atoms with E-state index in [0.29, 0.717) is 6.42 Å². The number of ketones is 1. The smallest absolute Gasteiger partial charge is 0.343 e. The van der Waals surface area contributed by atoms with Crippen molar-refractivity contribution in [2.24, 2.45) is 13.0 Å². The number of ether oxygens (including phenoxy) is 1. The molecule has 114 valence electrons. The highest BCUT2D eigenvalue weighted by Crippen LogP contribution is 2.48. The summed E-state index contributed by atoms with van der Waals surface area (Å²) in [5.74, 6) is -0.915. The number of aryl methyl sites for hydroxylation is 1. The van der Waals surface area contributed by atoms with Crippen LogP contribution in [0.5, 0.6) is 0 Å². The summed E-state index contributed by atoms with van der Waals surface area (Å²) >= 11 is 0. The van der Waals surface area contributed by atoms with Crippen LogP contribution in [0.4, 0.5) is 0 Å². The van der Waals surface area contributed by atoms with E-state index in [2.05, 4.69) is 10.3 Å². The predicted octanol–water partition coefficient (Wildman–Crippen LogP) is 0.496. The van der Waals surface area contributed by atoms with Gasteiger partial charge in [0.15, 0.2) is 5.78 Å². The number of Topliss-reactive ketones (excluding diaryl/α,β-unsaturated/α-hetero) is 1. The Morgan fingerprint density at radius 2 is 2.24 bits per heavy atom. The second-order valence-corrected chi connectivity index (χ2v) is 5.36. The number of hydrogen-bond acceptors (Lipinski definition) is 6. The third-order valence-corrected chi connectivity index (χ3v) is 3.28. The number of rotatable bonds is 6. The molecule has 1 aliphatic rings. The molecule has 0 spiro atoms. The number of carbonyl (C=O) groups is 2. The largest absolute Gasteiger partial charge is 0.462 e. The van der Waals surface area contributed by atoms with E-state index in [4.69, 9.17) is 4.74 Å². The molecule has 1 heterocycles. The van der Waals surface area contributed by atoms with Crippen LogP contribution in [0, 0.1) is 5.92 Å². The first-order chi connectivity index (χ1) is 9.93. The van der Waals surface area contributed by atoms with Gasteiger partial charge in [-0.15, -0.1) is 5.10 Å². The van der Waals surface area contributed by atoms with E-state index in [9.17, 15) is 9.59 Å². The molecule has 21 heavy (non-hydrogen) atoms. The van der Waals surface area contributed by atoms with Crippen LogP contribution in [0.2, 0.25) is 0 Å². The lowest BCUT2D eigenvalue weighted by atomic mass is 10.1. The van der Waals surface area contributed by atoms with Gasteiger partial charge in [0.2, 0.25) is 0 Å². The van der Waals surface area contributed by atoms with E-state index in [1.807, 2.05) is 0 Å². The molecule has 0 unspecified atom stereocenters. The molecule has 1 aliphatic carbocycles. The molecule has 0 N–H and O–H groups in total. The maximum absolute atomic E-state index is 12.5. The molecule has 7 heteroatoms. The van der Waals surface area contributed by atoms with Gasteiger partial charge in [-0.05, 0) is 13.3 Å². The maximum Gasteiger partial charge on any atom is 0.343 e. The maximum atomic E-state index is 12.5. The van der Waals surface area contributed by atoms with Gasteiger partial charge in [-0.3, -0.25) is 9.48 Å². The Labute approximate surface area is 123 Å². The van der Waals surface area contributed by atoms with Crippen molar-refractivity contribution < 1.29 is 14.3 Å². The lowest BCUT2D eigenvalue weighted by Crippen LogP contribution is -2.20. The number of esters is 1. The van der Waals surface area contributed by atoms with Crippen LogP contribution in [-0.2, 0) is 21.4 Å². The molecular weight excluding hydrogens is 272 g/mol. The number of aromatic nitrogens is 3. The van der Waals surface area contributed by atoms with Crippen LogP contribution < -0.4 is 0 Å². The van der Waals surface area contributed by atoms with Gasteiger partial charge in [0.1, 0.15) is 5.57 Å². The summed E-state index contributed by atoms with van der Waals surface area (Å²) in [5, 5.41) is 7.90. The second-order valence-electron chi connectivity index (χ2n) is 5.36. The van der Waals surface area contributed by atoms with Crippen molar-refractivity contribution in [2.75, 3.05) is 20.7 Å². The van der Waals surface area contributed by atoms with E-state index in [1.165, 1.54) is 6.20 Å². The van der Waals surface area contributed by atoms with Gasteiger partial charge in [0, 0.05) is 45.4 Å². The lowest BCUT2D eigenvalue weighted by molar-refractivity contribution is -0.140. The molecule has 0 saturated heterocycles. The first kappa shape index (κ1) is 15.2. The van der Waals surface area contributed by atoms with Gasteiger partial charge in [0.25, 0.3) is 0 Å². The number of hydrogen-bond donors (Lipinski definition) is 0. The molecule has 0 amide bonds. The first-order valence-electron chi connectivity index (χ1n) is 6.89. The topological polar surface area (TPSA) is 77.3 Å². The molecule has 2 rings (SSSR count). The molecule has 0 aromatic carbocycles. The van der Waals surface area contributed by atoms with Gasteiger partial charge >= 0.3 is 5.97 Å². The van der Waals surface area contributed by atoms with Crippen LogP contribution in [0.1, 0.15) is 25.0 Å². The average Bonchev–Trinajstić information content (AvgIpc) is 3.10. The van der Waals surface area contributed by atoms with Crippen LogP contribution in [0.25, 0.3) is 0 Å². The van der Waals surface area contributed by atoms with Gasteiger partial charge in [0.05, 0.1) is 12.3 Å². The number of nitrogens with zero attached hydrogens (tertiary/aromatic N) is 4. The van der Waals surface area contributed by atoms with Crippen LogP contribution >= 0.6 is 0 Å². The summed E-state index contributed by atoms with van der Waals surface area (Å²) in [6.07, 6.45) is 4.02. The van der Waals surface area contributed by atoms with E-state index in [-0.39, 0.29) is 29.8 Å². The molecule has 0 bridgehead atoms. The molecule has 7 nitrogen and oxygen atoms in total. The average molecular weight is 292 g/mol. The van der Waals surface area contributed by atoms with Crippen molar-refractivity contribution in [3.8, 4) is 0 Å². The fraction of sp³-hybridized carbons (Fsp3) is 0.571. The molecular formula is C14H20N4O3. The standard InChI is InChI=1S/C14H20N4O3/c1-5-21-14(20)11(7-17(2)3)13(19)10-6-9(10)12-8-18(4)16-15-12/h7-10H,5-6H2,1-4H3/b11-7+/t9-,10-/m0/s1. The highest BCUT2D eigenvalue weighted by atomic mass is 16.5. The summed E-state index contributed by atoms with van der Waals surface area (Å²) in [7, 11) is 5.31. The molecule has 1 saturated carbocycles. The highest BCUT2D eigenvalue weighted by molar-refractivity contribution is 6.19. The zero-order chi connectivity index (χ0) is 15.6. The highest BCUT2D eigenvalue weighted by Gasteiger charge is 2.47. The minimum absolute atomic E-state index is 0.0474. The Morgan fingerprint density at radius 1 is 1.52 bits per heavy atom. The van der Waals surface area contributed by atoms with Crippen molar-refractivity contribution in [1.82, 2.24) is 19.9 Å². The summed E-state index contributed by atoms with van der Waals surface area (Å²) in [6, 6.07) is 0. The fourth-order valence-electron chi connectivity index (χ4n) is 2.23. The monoisotopic (exact) mass is 292 g/mol. The van der Waals surface area contributed by atoms with Gasteiger partial charge in [-0.1, -0.05) is 5.21 Å². The van der Waals surface area contributed by atoms with Gasteiger partial charge in [-0.25, -0.2) is 4.79 Å². The van der Waals surface area contributed by atoms with Crippen molar-refractivity contribution in [3.63, 3.8) is 0 Å². The fourth-order valence-corrected chi connectivity index (χ4v) is 2.23. The third-order valence-electron chi connectivity index (χ3n) is 3.28. The van der Waals surface area contributed by atoms with Crippen molar-refractivity contribution >= 4 is 11.8 Å². The molecule has 1 aromatic heterocycles. The third kappa shape index (κ3) is 3.48. The summed E-state index contributed by atoms with van der Waals surface area (Å²) in [6.45, 7) is 1.96.